The van der Waals surface area contributed by atoms with Crippen molar-refractivity contribution in [2.45, 2.75) is 93.7 Å². The maximum absolute atomic E-state index is 12.2. The lowest BCUT2D eigenvalue weighted by atomic mass is 10.2. The first-order chi connectivity index (χ1) is 23.1. The van der Waals surface area contributed by atoms with Crippen LogP contribution in [0.25, 0.3) is 0 Å². The predicted molar refractivity (Wildman–Crippen MR) is 194 cm³/mol. The molecule has 6 heterocycles. The molecular weight excluding hydrogens is 713 g/mol. The molecule has 0 aliphatic carbocycles. The Morgan fingerprint density at radius 2 is 1.29 bits per heavy atom. The van der Waals surface area contributed by atoms with E-state index in [2.05, 4.69) is 31.8 Å². The number of rotatable bonds is 6. The molecule has 14 nitrogen and oxygen atoms in total. The van der Waals surface area contributed by atoms with Gasteiger partial charge in [0.25, 0.3) is 0 Å². The lowest BCUT2D eigenvalue weighted by Crippen LogP contribution is -2.44. The molecular formula is C31H52N6O8S4. The Hall–Kier alpha value is -2.12. The average molecular weight is 766 g/mol. The highest BCUT2D eigenvalue weighted by Crippen LogP contribution is 2.37. The second kappa shape index (κ2) is 17.4. The molecule has 4 fully saturated rings. The molecule has 0 aromatic carbocycles. The van der Waals surface area contributed by atoms with Crippen molar-refractivity contribution in [3.8, 4) is 0 Å². The zero-order chi connectivity index (χ0) is 36.0. The number of aromatic nitrogens is 4. The SMILES string of the molecule is C.CSc1nc(C2CCCS2(=O)=O)cc(N2CCOC[C@H]2C)n1.C[C@@H]1COCCN1c1cc(C2CCCS2(=O)=O)nc(S(C)(=O)=O)n1.[2H]CC. The van der Waals surface area contributed by atoms with Crippen molar-refractivity contribution in [2.75, 3.05) is 73.3 Å². The van der Waals surface area contributed by atoms with E-state index in [0.717, 1.165) is 25.0 Å². The van der Waals surface area contributed by atoms with Gasteiger partial charge in [0, 0.05) is 32.8 Å². The van der Waals surface area contributed by atoms with Crippen LogP contribution in [0, 0.1) is 0 Å². The van der Waals surface area contributed by atoms with Crippen LogP contribution in [0.4, 0.5) is 11.6 Å². The van der Waals surface area contributed by atoms with Crippen molar-refractivity contribution in [2.24, 2.45) is 0 Å². The fourth-order valence-corrected chi connectivity index (χ4v) is 10.8. The fraction of sp³-hybridized carbons (Fsp3) is 0.742. The van der Waals surface area contributed by atoms with Crippen LogP contribution < -0.4 is 9.80 Å². The third-order valence-corrected chi connectivity index (χ3v) is 14.4. The lowest BCUT2D eigenvalue weighted by molar-refractivity contribution is 0.0984. The summed E-state index contributed by atoms with van der Waals surface area (Å²) in [5, 5.41) is -0.920. The monoisotopic (exact) mass is 765 g/mol. The minimum atomic E-state index is -3.65. The Bertz CT molecular complexity index is 1770. The molecule has 4 atom stereocenters. The Balaban J connectivity index is 0.000000247. The zero-order valence-electron chi connectivity index (χ0n) is 29.2. The predicted octanol–water partition coefficient (Wildman–Crippen LogP) is 3.69. The van der Waals surface area contributed by atoms with Crippen LogP contribution >= 0.6 is 11.8 Å². The first-order valence-corrected chi connectivity index (χ1v) is 22.6. The van der Waals surface area contributed by atoms with Gasteiger partial charge in [0.15, 0.2) is 24.8 Å². The molecule has 4 aliphatic rings. The Labute approximate surface area is 298 Å². The minimum Gasteiger partial charge on any atom is -0.377 e. The van der Waals surface area contributed by atoms with Crippen LogP contribution in [0.15, 0.2) is 22.4 Å². The van der Waals surface area contributed by atoms with Crippen molar-refractivity contribution in [1.82, 2.24) is 19.9 Å². The first-order valence-electron chi connectivity index (χ1n) is 16.7. The second-order valence-electron chi connectivity index (χ2n) is 12.1. The summed E-state index contributed by atoms with van der Waals surface area (Å²) in [5.41, 5.74) is 0.919. The van der Waals surface area contributed by atoms with Gasteiger partial charge in [0.2, 0.25) is 15.0 Å². The number of hydrogen-bond acceptors (Lipinski definition) is 15. The van der Waals surface area contributed by atoms with E-state index in [1.807, 2.05) is 24.1 Å². The van der Waals surface area contributed by atoms with Gasteiger partial charge in [0.1, 0.15) is 22.1 Å². The maximum Gasteiger partial charge on any atom is 0.249 e. The molecule has 2 unspecified atom stereocenters. The number of ether oxygens (including phenoxy) is 2. The third kappa shape index (κ3) is 10.0. The first kappa shape index (κ1) is 39.7. The van der Waals surface area contributed by atoms with E-state index in [4.69, 9.17) is 10.8 Å². The highest BCUT2D eigenvalue weighted by Gasteiger charge is 2.37. The number of nitrogens with zero attached hydrogens (tertiary/aromatic N) is 6. The molecule has 0 N–H and O–H groups in total. The summed E-state index contributed by atoms with van der Waals surface area (Å²) in [6.07, 6.45) is 5.34. The molecule has 0 spiro atoms. The number of morpholine rings is 2. The topological polar surface area (TPSA) is 179 Å². The highest BCUT2D eigenvalue weighted by atomic mass is 32.2. The molecule has 0 bridgehead atoms. The molecule has 49 heavy (non-hydrogen) atoms. The number of thioether (sulfide) groups is 1. The molecule has 2 aromatic heterocycles. The standard InChI is InChI=1S/C14H21N3O5S2.C14H21N3O3S2.C2H6.CH4/c1-10-9-22-6-5-17(10)13-8-11(12-4-3-7-24(12,20)21)15-14(16-13)23(2,18)19;1-10-9-20-6-5-17(10)13-8-11(15-14(16-13)21-2)12-4-3-7-22(12,18)19;1-2;/h8,10,12H,3-7,9H2,1-2H3;8,10,12H,3-7,9H2,1-2H3;1-2H3;1H4/t2*10-,12?;;/m11../s1/i;;1D;. The molecule has 0 radical (unpaired) electrons. The smallest absolute Gasteiger partial charge is 0.249 e. The lowest BCUT2D eigenvalue weighted by Gasteiger charge is -2.34. The average Bonchev–Trinajstić information content (AvgIpc) is 3.60. The van der Waals surface area contributed by atoms with Crippen molar-refractivity contribution in [3.05, 3.63) is 23.5 Å². The van der Waals surface area contributed by atoms with Gasteiger partial charge < -0.3 is 19.3 Å². The summed E-state index contributed by atoms with van der Waals surface area (Å²) in [6, 6.07) is 3.72. The zero-order valence-corrected chi connectivity index (χ0v) is 31.5. The molecule has 0 amide bonds. The molecule has 278 valence electrons. The summed E-state index contributed by atoms with van der Waals surface area (Å²) in [4.78, 5) is 21.4. The van der Waals surface area contributed by atoms with E-state index >= 15 is 0 Å². The summed E-state index contributed by atoms with van der Waals surface area (Å²) >= 11 is 1.45. The van der Waals surface area contributed by atoms with Crippen LogP contribution in [0.1, 0.15) is 84.0 Å². The third-order valence-electron chi connectivity index (χ3n) is 8.58. The summed E-state index contributed by atoms with van der Waals surface area (Å²) in [7, 11) is -10.0. The molecule has 4 aliphatic heterocycles. The Morgan fingerprint density at radius 1 is 0.837 bits per heavy atom. The van der Waals surface area contributed by atoms with Gasteiger partial charge in [-0.1, -0.05) is 33.0 Å². The van der Waals surface area contributed by atoms with E-state index in [9.17, 15) is 25.3 Å². The number of hydrogen-bond donors (Lipinski definition) is 0. The molecule has 2 aromatic rings. The van der Waals surface area contributed by atoms with Gasteiger partial charge in [-0.05, 0) is 45.8 Å². The molecule has 4 saturated heterocycles. The Morgan fingerprint density at radius 3 is 1.67 bits per heavy atom. The van der Waals surface area contributed by atoms with E-state index in [1.165, 1.54) is 11.8 Å². The molecule has 0 saturated carbocycles. The van der Waals surface area contributed by atoms with Crippen LogP contribution in [-0.2, 0) is 39.0 Å². The fourth-order valence-electron chi connectivity index (χ4n) is 6.12. The van der Waals surface area contributed by atoms with E-state index < -0.39 is 40.0 Å². The quantitative estimate of drug-likeness (QED) is 0.307. The van der Waals surface area contributed by atoms with Crippen LogP contribution in [0.5, 0.6) is 0 Å². The largest absolute Gasteiger partial charge is 0.377 e. The van der Waals surface area contributed by atoms with Crippen molar-refractivity contribution in [3.63, 3.8) is 0 Å². The van der Waals surface area contributed by atoms with Crippen LogP contribution in [0.2, 0.25) is 0 Å². The van der Waals surface area contributed by atoms with Crippen LogP contribution in [0.3, 0.4) is 0 Å². The summed E-state index contributed by atoms with van der Waals surface area (Å²) in [6.45, 7) is 10.0. The van der Waals surface area contributed by atoms with Crippen molar-refractivity contribution < 1.29 is 36.1 Å². The van der Waals surface area contributed by atoms with Gasteiger partial charge in [0.05, 0.1) is 61.4 Å². The van der Waals surface area contributed by atoms with Crippen molar-refractivity contribution >= 4 is 52.9 Å². The van der Waals surface area contributed by atoms with Crippen molar-refractivity contribution in [1.29, 1.82) is 0 Å². The maximum atomic E-state index is 12.2. The minimum absolute atomic E-state index is 0. The van der Waals surface area contributed by atoms with E-state index in [0.29, 0.717) is 75.8 Å². The normalized spacial score (nSPS) is 26.3. The second-order valence-corrected chi connectivity index (χ2v) is 19.4. The van der Waals surface area contributed by atoms with Gasteiger partial charge in [-0.2, -0.15) is 0 Å². The van der Waals surface area contributed by atoms with E-state index in [-0.39, 0.29) is 41.9 Å². The van der Waals surface area contributed by atoms with Gasteiger partial charge in [-0.3, -0.25) is 0 Å². The molecule has 18 heteroatoms. The van der Waals surface area contributed by atoms with Gasteiger partial charge in [-0.15, -0.1) is 0 Å². The number of sulfone groups is 3. The number of anilines is 2. The highest BCUT2D eigenvalue weighted by molar-refractivity contribution is 7.98. The van der Waals surface area contributed by atoms with Gasteiger partial charge >= 0.3 is 0 Å². The summed E-state index contributed by atoms with van der Waals surface area (Å²) in [5.74, 6) is 1.63. The van der Waals surface area contributed by atoms with Gasteiger partial charge in [-0.25, -0.2) is 45.2 Å². The molecule has 6 rings (SSSR count). The van der Waals surface area contributed by atoms with E-state index in [1.54, 1.807) is 13.0 Å². The summed E-state index contributed by atoms with van der Waals surface area (Å²) < 4.78 is 89.9. The Kier molecular flexibility index (Phi) is 14.1. The van der Waals surface area contributed by atoms with Crippen LogP contribution in [-0.4, -0.2) is 121 Å².